The minimum absolute atomic E-state index is 0.0799. The van der Waals surface area contributed by atoms with Gasteiger partial charge in [-0.2, -0.15) is 0 Å². The largest absolute Gasteiger partial charge is 0.490 e. The van der Waals surface area contributed by atoms with Crippen LogP contribution in [0.5, 0.6) is 5.75 Å². The van der Waals surface area contributed by atoms with E-state index in [1.807, 2.05) is 0 Å². The maximum absolute atomic E-state index is 10.9. The molecular formula is C12H15ClO5. The van der Waals surface area contributed by atoms with Crippen molar-refractivity contribution in [3.8, 4) is 5.75 Å². The Balaban J connectivity index is 2.45. The zero-order chi connectivity index (χ0) is 13.4. The molecule has 6 heteroatoms. The summed E-state index contributed by atoms with van der Waals surface area (Å²) < 4.78 is 15.3. The highest BCUT2D eigenvalue weighted by atomic mass is 35.5. The number of benzene rings is 1. The Hall–Kier alpha value is -1.30. The molecule has 1 aromatic rings. The van der Waals surface area contributed by atoms with Crippen molar-refractivity contribution < 1.29 is 24.1 Å². The zero-order valence-corrected chi connectivity index (χ0v) is 10.8. The van der Waals surface area contributed by atoms with E-state index >= 15 is 0 Å². The third-order valence-corrected chi connectivity index (χ3v) is 2.33. The lowest BCUT2D eigenvalue weighted by Gasteiger charge is -2.09. The van der Waals surface area contributed by atoms with Gasteiger partial charge in [-0.1, -0.05) is 11.6 Å². The third-order valence-electron chi connectivity index (χ3n) is 2.09. The number of halogens is 1. The molecule has 0 bridgehead atoms. The van der Waals surface area contributed by atoms with E-state index in [9.17, 15) is 4.79 Å². The van der Waals surface area contributed by atoms with Crippen LogP contribution in [0.15, 0.2) is 18.2 Å². The van der Waals surface area contributed by atoms with Gasteiger partial charge in [0, 0.05) is 12.1 Å². The number of aromatic carboxylic acids is 1. The summed E-state index contributed by atoms with van der Waals surface area (Å²) in [7, 11) is 1.59. The van der Waals surface area contributed by atoms with Gasteiger partial charge in [0.2, 0.25) is 0 Å². The molecular weight excluding hydrogens is 260 g/mol. The highest BCUT2D eigenvalue weighted by molar-refractivity contribution is 6.30. The van der Waals surface area contributed by atoms with Crippen LogP contribution in [-0.2, 0) is 9.47 Å². The van der Waals surface area contributed by atoms with E-state index in [1.165, 1.54) is 18.2 Å². The van der Waals surface area contributed by atoms with Crippen LogP contribution in [0.1, 0.15) is 10.4 Å². The smallest absolute Gasteiger partial charge is 0.339 e. The van der Waals surface area contributed by atoms with Gasteiger partial charge in [0.1, 0.15) is 17.9 Å². The van der Waals surface area contributed by atoms with Crippen LogP contribution in [0.25, 0.3) is 0 Å². The molecule has 1 aromatic carbocycles. The molecule has 100 valence electrons. The lowest BCUT2D eigenvalue weighted by Crippen LogP contribution is -2.11. The lowest BCUT2D eigenvalue weighted by atomic mass is 10.2. The van der Waals surface area contributed by atoms with Crippen molar-refractivity contribution in [2.24, 2.45) is 0 Å². The molecule has 0 spiro atoms. The first-order valence-electron chi connectivity index (χ1n) is 5.37. The SMILES string of the molecule is COCCOCCOc1cc(Cl)ccc1C(=O)O. The molecule has 0 aliphatic carbocycles. The summed E-state index contributed by atoms with van der Waals surface area (Å²) >= 11 is 5.78. The number of hydrogen-bond donors (Lipinski definition) is 1. The van der Waals surface area contributed by atoms with Crippen LogP contribution >= 0.6 is 11.6 Å². The molecule has 0 heterocycles. The van der Waals surface area contributed by atoms with Crippen molar-refractivity contribution in [2.45, 2.75) is 0 Å². The number of methoxy groups -OCH3 is 1. The highest BCUT2D eigenvalue weighted by Gasteiger charge is 2.11. The Kier molecular flexibility index (Phi) is 6.49. The predicted octanol–water partition coefficient (Wildman–Crippen LogP) is 2.08. The van der Waals surface area contributed by atoms with E-state index in [2.05, 4.69) is 0 Å². The number of carbonyl (C=O) groups is 1. The normalized spacial score (nSPS) is 10.3. The van der Waals surface area contributed by atoms with E-state index in [1.54, 1.807) is 7.11 Å². The fourth-order valence-corrected chi connectivity index (χ4v) is 1.41. The summed E-state index contributed by atoms with van der Waals surface area (Å²) in [6.07, 6.45) is 0. The summed E-state index contributed by atoms with van der Waals surface area (Å²) in [5.74, 6) is -0.813. The molecule has 5 nitrogen and oxygen atoms in total. The van der Waals surface area contributed by atoms with E-state index < -0.39 is 5.97 Å². The highest BCUT2D eigenvalue weighted by Crippen LogP contribution is 2.23. The molecule has 0 fully saturated rings. The molecule has 0 saturated carbocycles. The average molecular weight is 275 g/mol. The molecule has 0 radical (unpaired) electrons. The van der Waals surface area contributed by atoms with Gasteiger partial charge >= 0.3 is 5.97 Å². The molecule has 1 rings (SSSR count). The summed E-state index contributed by atoms with van der Waals surface area (Å²) in [6, 6.07) is 4.39. The Morgan fingerprint density at radius 3 is 2.67 bits per heavy atom. The number of ether oxygens (including phenoxy) is 3. The fourth-order valence-electron chi connectivity index (χ4n) is 1.25. The van der Waals surface area contributed by atoms with Crippen LogP contribution in [0.3, 0.4) is 0 Å². The van der Waals surface area contributed by atoms with Crippen LogP contribution in [0.2, 0.25) is 5.02 Å². The summed E-state index contributed by atoms with van der Waals surface area (Å²) in [6.45, 7) is 1.60. The van der Waals surface area contributed by atoms with Crippen molar-refractivity contribution in [3.63, 3.8) is 0 Å². The topological polar surface area (TPSA) is 65.0 Å². The van der Waals surface area contributed by atoms with Gasteiger partial charge in [-0.3, -0.25) is 0 Å². The van der Waals surface area contributed by atoms with Gasteiger partial charge in [-0.05, 0) is 18.2 Å². The van der Waals surface area contributed by atoms with E-state index in [-0.39, 0.29) is 17.9 Å². The number of hydrogen-bond acceptors (Lipinski definition) is 4. The summed E-state index contributed by atoms with van der Waals surface area (Å²) in [4.78, 5) is 10.9. The molecule has 0 aliphatic rings. The number of carboxylic acid groups (broad SMARTS) is 1. The minimum Gasteiger partial charge on any atom is -0.490 e. The molecule has 0 unspecified atom stereocenters. The van der Waals surface area contributed by atoms with Crippen LogP contribution in [0.4, 0.5) is 0 Å². The monoisotopic (exact) mass is 274 g/mol. The van der Waals surface area contributed by atoms with Crippen molar-refractivity contribution in [1.29, 1.82) is 0 Å². The summed E-state index contributed by atoms with van der Waals surface area (Å²) in [5.41, 5.74) is 0.0799. The second kappa shape index (κ2) is 7.92. The van der Waals surface area contributed by atoms with Gasteiger partial charge < -0.3 is 19.3 Å². The van der Waals surface area contributed by atoms with Crippen molar-refractivity contribution in [1.82, 2.24) is 0 Å². The maximum Gasteiger partial charge on any atom is 0.339 e. The second-order valence-electron chi connectivity index (χ2n) is 3.40. The molecule has 1 N–H and O–H groups in total. The van der Waals surface area contributed by atoms with Gasteiger partial charge in [-0.25, -0.2) is 4.79 Å². The Labute approximate surface area is 110 Å². The van der Waals surface area contributed by atoms with E-state index in [4.69, 9.17) is 30.9 Å². The minimum atomic E-state index is -1.05. The Morgan fingerprint density at radius 2 is 2.00 bits per heavy atom. The molecule has 0 aliphatic heterocycles. The van der Waals surface area contributed by atoms with Crippen molar-refractivity contribution in [3.05, 3.63) is 28.8 Å². The number of carboxylic acids is 1. The third kappa shape index (κ3) is 4.91. The van der Waals surface area contributed by atoms with E-state index in [0.29, 0.717) is 24.8 Å². The van der Waals surface area contributed by atoms with Crippen molar-refractivity contribution in [2.75, 3.05) is 33.5 Å². The average Bonchev–Trinajstić information content (AvgIpc) is 2.33. The molecule has 18 heavy (non-hydrogen) atoms. The van der Waals surface area contributed by atoms with Crippen LogP contribution < -0.4 is 4.74 Å². The maximum atomic E-state index is 10.9. The first-order chi connectivity index (χ1) is 8.65. The first-order valence-corrected chi connectivity index (χ1v) is 5.75. The van der Waals surface area contributed by atoms with Gasteiger partial charge in [0.25, 0.3) is 0 Å². The molecule has 0 atom stereocenters. The fraction of sp³-hybridized carbons (Fsp3) is 0.417. The van der Waals surface area contributed by atoms with E-state index in [0.717, 1.165) is 0 Å². The lowest BCUT2D eigenvalue weighted by molar-refractivity contribution is 0.0535. The standard InChI is InChI=1S/C12H15ClO5/c1-16-4-5-17-6-7-18-11-8-9(13)2-3-10(11)12(14)15/h2-3,8H,4-7H2,1H3,(H,14,15). The Bertz CT molecular complexity index is 394. The zero-order valence-electron chi connectivity index (χ0n) is 10.0. The second-order valence-corrected chi connectivity index (χ2v) is 3.84. The van der Waals surface area contributed by atoms with Gasteiger partial charge in [0.05, 0.1) is 19.8 Å². The Morgan fingerprint density at radius 1 is 1.28 bits per heavy atom. The van der Waals surface area contributed by atoms with Gasteiger partial charge in [0.15, 0.2) is 0 Å². The molecule has 0 saturated heterocycles. The quantitative estimate of drug-likeness (QED) is 0.735. The van der Waals surface area contributed by atoms with Crippen molar-refractivity contribution >= 4 is 17.6 Å². The van der Waals surface area contributed by atoms with Gasteiger partial charge in [-0.15, -0.1) is 0 Å². The first kappa shape index (κ1) is 14.8. The molecule has 0 aromatic heterocycles. The summed E-state index contributed by atoms with van der Waals surface area (Å²) in [5, 5.41) is 9.38. The predicted molar refractivity (Wildman–Crippen MR) is 66.6 cm³/mol. The molecule has 0 amide bonds. The number of rotatable bonds is 8. The van der Waals surface area contributed by atoms with Crippen LogP contribution in [-0.4, -0.2) is 44.6 Å². The van der Waals surface area contributed by atoms with Crippen LogP contribution in [0, 0.1) is 0 Å².